The van der Waals surface area contributed by atoms with Gasteiger partial charge in [-0.05, 0) is 33.1 Å². The molecule has 2 atom stereocenters. The van der Waals surface area contributed by atoms with Gasteiger partial charge < -0.3 is 5.32 Å². The molecule has 2 unspecified atom stereocenters. The molecule has 1 aliphatic heterocycles. The van der Waals surface area contributed by atoms with Gasteiger partial charge >= 0.3 is 0 Å². The van der Waals surface area contributed by atoms with Crippen LogP contribution in [0.25, 0.3) is 0 Å². The molecule has 0 aromatic carbocycles. The Balaban J connectivity index is 2.57. The molecule has 0 spiro atoms. The van der Waals surface area contributed by atoms with E-state index in [0.717, 1.165) is 19.3 Å². The van der Waals surface area contributed by atoms with Crippen molar-refractivity contribution < 1.29 is 0 Å². The lowest BCUT2D eigenvalue weighted by Gasteiger charge is -2.30. The highest BCUT2D eigenvalue weighted by atomic mass is 79.9. The fourth-order valence-corrected chi connectivity index (χ4v) is 2.38. The molecule has 1 nitrogen and oxygen atoms in total. The fourth-order valence-electron chi connectivity index (χ4n) is 1.90. The third kappa shape index (κ3) is 4.35. The molecule has 0 radical (unpaired) electrons. The van der Waals surface area contributed by atoms with Crippen LogP contribution in [0.5, 0.6) is 0 Å². The van der Waals surface area contributed by atoms with Gasteiger partial charge in [0.1, 0.15) is 0 Å². The van der Waals surface area contributed by atoms with Gasteiger partial charge in [0.2, 0.25) is 0 Å². The van der Waals surface area contributed by atoms with Crippen molar-refractivity contribution in [3.63, 3.8) is 0 Å². The summed E-state index contributed by atoms with van der Waals surface area (Å²) < 4.78 is 1.27. The van der Waals surface area contributed by atoms with Crippen LogP contribution >= 0.6 is 15.9 Å². The van der Waals surface area contributed by atoms with Gasteiger partial charge in [0.05, 0.1) is 0 Å². The van der Waals surface area contributed by atoms with Crippen molar-refractivity contribution in [1.82, 2.24) is 5.32 Å². The minimum Gasteiger partial charge on any atom is -0.306 e. The molecule has 0 aromatic rings. The van der Waals surface area contributed by atoms with Crippen LogP contribution in [-0.2, 0) is 0 Å². The van der Waals surface area contributed by atoms with E-state index in [2.05, 4.69) is 54.3 Å². The molecule has 15 heavy (non-hydrogen) atoms. The molecule has 2 heteroatoms. The lowest BCUT2D eigenvalue weighted by Crippen LogP contribution is -2.41. The average molecular weight is 270 g/mol. The number of nitrogens with one attached hydrogen (secondary N) is 1. The smallest absolute Gasteiger partial charge is 0.0422 e. The summed E-state index contributed by atoms with van der Waals surface area (Å²) in [5, 5.41) is 3.63. The quantitative estimate of drug-likeness (QED) is 0.763. The zero-order valence-electron chi connectivity index (χ0n) is 9.65. The van der Waals surface area contributed by atoms with E-state index in [1.807, 2.05) is 0 Å². The van der Waals surface area contributed by atoms with Crippen LogP contribution in [0.15, 0.2) is 34.9 Å². The minimum absolute atomic E-state index is 0.403. The van der Waals surface area contributed by atoms with E-state index in [4.69, 9.17) is 0 Å². The number of hydrogen-bond donors (Lipinski definition) is 1. The third-order valence-electron chi connectivity index (χ3n) is 2.51. The predicted molar refractivity (Wildman–Crippen MR) is 71.2 cm³/mol. The van der Waals surface area contributed by atoms with E-state index in [9.17, 15) is 0 Å². The molecule has 0 aliphatic carbocycles. The maximum atomic E-state index is 3.96. The Kier molecular flexibility index (Phi) is 4.81. The average Bonchev–Trinajstić information content (AvgIpc) is 2.09. The molecule has 1 heterocycles. The molecule has 1 rings (SSSR count). The van der Waals surface area contributed by atoms with Gasteiger partial charge in [0.15, 0.2) is 0 Å². The van der Waals surface area contributed by atoms with Crippen molar-refractivity contribution in [1.29, 1.82) is 0 Å². The summed E-state index contributed by atoms with van der Waals surface area (Å²) in [6.07, 6.45) is 5.42. The first-order valence-electron chi connectivity index (χ1n) is 5.39. The molecule has 0 saturated heterocycles. The van der Waals surface area contributed by atoms with E-state index in [1.165, 1.54) is 15.6 Å². The van der Waals surface area contributed by atoms with Crippen molar-refractivity contribution in [3.05, 3.63) is 34.9 Å². The van der Waals surface area contributed by atoms with E-state index in [0.29, 0.717) is 12.1 Å². The first-order chi connectivity index (χ1) is 6.99. The largest absolute Gasteiger partial charge is 0.306 e. The van der Waals surface area contributed by atoms with E-state index in [1.54, 1.807) is 0 Å². The summed E-state index contributed by atoms with van der Waals surface area (Å²) in [5.74, 6) is 0. The zero-order chi connectivity index (χ0) is 11.4. The maximum absolute atomic E-state index is 3.96. The van der Waals surface area contributed by atoms with Crippen LogP contribution in [0, 0.1) is 0 Å². The van der Waals surface area contributed by atoms with Gasteiger partial charge in [-0.3, -0.25) is 0 Å². The highest BCUT2D eigenvalue weighted by molar-refractivity contribution is 9.11. The maximum Gasteiger partial charge on any atom is 0.0422 e. The van der Waals surface area contributed by atoms with E-state index in [-0.39, 0.29) is 0 Å². The van der Waals surface area contributed by atoms with Gasteiger partial charge in [0.25, 0.3) is 0 Å². The fraction of sp³-hybridized carbons (Fsp3) is 0.538. The van der Waals surface area contributed by atoms with Crippen molar-refractivity contribution in [3.8, 4) is 0 Å². The van der Waals surface area contributed by atoms with Gasteiger partial charge in [-0.2, -0.15) is 0 Å². The second kappa shape index (κ2) is 5.66. The van der Waals surface area contributed by atoms with Crippen LogP contribution in [0.2, 0.25) is 0 Å². The van der Waals surface area contributed by atoms with E-state index >= 15 is 0 Å². The molecule has 84 valence electrons. The molecule has 1 aliphatic rings. The van der Waals surface area contributed by atoms with Crippen LogP contribution in [0.1, 0.15) is 33.1 Å². The summed E-state index contributed by atoms with van der Waals surface area (Å²) in [5.41, 5.74) is 2.46. The minimum atomic E-state index is 0.403. The van der Waals surface area contributed by atoms with Crippen LogP contribution in [0.3, 0.4) is 0 Å². The molecule has 0 fully saturated rings. The van der Waals surface area contributed by atoms with Gasteiger partial charge in [-0.1, -0.05) is 33.2 Å². The molecular formula is C13H20BrN. The number of rotatable bonds is 4. The van der Waals surface area contributed by atoms with Crippen molar-refractivity contribution in [2.45, 2.75) is 45.2 Å². The Labute approximate surface area is 101 Å². The monoisotopic (exact) mass is 269 g/mol. The van der Waals surface area contributed by atoms with E-state index < -0.39 is 0 Å². The molecule has 0 saturated carbocycles. The second-order valence-corrected chi connectivity index (χ2v) is 5.48. The summed E-state index contributed by atoms with van der Waals surface area (Å²) in [6.45, 7) is 12.1. The van der Waals surface area contributed by atoms with Crippen molar-refractivity contribution >= 4 is 15.9 Å². The highest BCUT2D eigenvalue weighted by Crippen LogP contribution is 2.25. The molecule has 0 amide bonds. The SMILES string of the molecule is C=C(C)CC1CC=C(Br)C(CC(=C)C)N1. The first-order valence-corrected chi connectivity index (χ1v) is 6.18. The molecule has 0 aromatic heterocycles. The Bertz CT molecular complexity index is 291. The Morgan fingerprint density at radius 1 is 1.40 bits per heavy atom. The molecular weight excluding hydrogens is 250 g/mol. The van der Waals surface area contributed by atoms with Crippen LogP contribution < -0.4 is 5.32 Å². The van der Waals surface area contributed by atoms with Gasteiger partial charge in [-0.25, -0.2) is 0 Å². The summed E-state index contributed by atoms with van der Waals surface area (Å²) in [7, 11) is 0. The summed E-state index contributed by atoms with van der Waals surface area (Å²) >= 11 is 3.61. The zero-order valence-corrected chi connectivity index (χ0v) is 11.2. The number of halogens is 1. The lowest BCUT2D eigenvalue weighted by atomic mass is 9.97. The standard InChI is InChI=1S/C13H20BrN/c1-9(2)7-11-5-6-12(14)13(15-11)8-10(3)4/h6,11,13,15H,1,3,5,7-8H2,2,4H3. The first kappa shape index (κ1) is 12.7. The van der Waals surface area contributed by atoms with Crippen molar-refractivity contribution in [2.24, 2.45) is 0 Å². The van der Waals surface area contributed by atoms with Crippen molar-refractivity contribution in [2.75, 3.05) is 0 Å². The van der Waals surface area contributed by atoms with Gasteiger partial charge in [0, 0.05) is 16.6 Å². The molecule has 0 bridgehead atoms. The lowest BCUT2D eigenvalue weighted by molar-refractivity contribution is 0.442. The Morgan fingerprint density at radius 3 is 2.53 bits per heavy atom. The highest BCUT2D eigenvalue weighted by Gasteiger charge is 2.21. The summed E-state index contributed by atoms with van der Waals surface area (Å²) in [6, 6.07) is 0.939. The second-order valence-electron chi connectivity index (χ2n) is 4.56. The normalized spacial score (nSPS) is 25.9. The summed E-state index contributed by atoms with van der Waals surface area (Å²) in [4.78, 5) is 0. The third-order valence-corrected chi connectivity index (χ3v) is 3.39. The van der Waals surface area contributed by atoms with Crippen LogP contribution in [0.4, 0.5) is 0 Å². The number of hydrogen-bond acceptors (Lipinski definition) is 1. The van der Waals surface area contributed by atoms with Crippen LogP contribution in [-0.4, -0.2) is 12.1 Å². The Hall–Kier alpha value is -0.340. The molecule has 1 N–H and O–H groups in total. The Morgan fingerprint density at radius 2 is 2.00 bits per heavy atom. The topological polar surface area (TPSA) is 12.0 Å². The van der Waals surface area contributed by atoms with Gasteiger partial charge in [-0.15, -0.1) is 13.2 Å². The predicted octanol–water partition coefficient (Wildman–Crippen LogP) is 3.93.